The molecule has 0 fully saturated rings. The number of para-hydroxylation sites is 1. The van der Waals surface area contributed by atoms with E-state index in [1.807, 2.05) is 42.6 Å². The lowest BCUT2D eigenvalue weighted by Crippen LogP contribution is -2.24. The van der Waals surface area contributed by atoms with Crippen molar-refractivity contribution in [2.45, 2.75) is 13.5 Å². The van der Waals surface area contributed by atoms with Gasteiger partial charge < -0.3 is 11.1 Å². The van der Waals surface area contributed by atoms with E-state index in [4.69, 9.17) is 5.73 Å². The standard InChI is InChI=1S/C16H15N5O2S/c1-10-9-24-13(14(10)15(17)22)8-18-16(23)12-7-19-21(20-12)11-5-3-2-4-6-11/h2-7,9H,8H2,1H3,(H2,17,22)(H,18,23). The molecule has 0 aliphatic carbocycles. The molecule has 0 saturated carbocycles. The molecular formula is C16H15N5O2S. The highest BCUT2D eigenvalue weighted by Gasteiger charge is 2.16. The summed E-state index contributed by atoms with van der Waals surface area (Å²) in [4.78, 5) is 25.8. The minimum atomic E-state index is -0.493. The van der Waals surface area contributed by atoms with Gasteiger partial charge in [-0.3, -0.25) is 9.59 Å². The number of benzene rings is 1. The van der Waals surface area contributed by atoms with Gasteiger partial charge in [-0.2, -0.15) is 9.90 Å². The van der Waals surface area contributed by atoms with E-state index in [9.17, 15) is 9.59 Å². The van der Waals surface area contributed by atoms with E-state index in [1.165, 1.54) is 22.3 Å². The number of thiophene rings is 1. The van der Waals surface area contributed by atoms with Gasteiger partial charge in [0.2, 0.25) is 5.91 Å². The van der Waals surface area contributed by atoms with Gasteiger partial charge in [0.15, 0.2) is 5.69 Å². The van der Waals surface area contributed by atoms with E-state index in [0.717, 1.165) is 16.1 Å². The van der Waals surface area contributed by atoms with Crippen LogP contribution in [0.5, 0.6) is 0 Å². The summed E-state index contributed by atoms with van der Waals surface area (Å²) in [6.45, 7) is 2.03. The summed E-state index contributed by atoms with van der Waals surface area (Å²) in [5, 5.41) is 12.8. The maximum atomic E-state index is 12.2. The van der Waals surface area contributed by atoms with Crippen LogP contribution in [0.15, 0.2) is 41.9 Å². The van der Waals surface area contributed by atoms with Crippen LogP contribution in [0.1, 0.15) is 31.3 Å². The Kier molecular flexibility index (Phi) is 4.39. The molecule has 3 N–H and O–H groups in total. The fourth-order valence-electron chi connectivity index (χ4n) is 2.26. The van der Waals surface area contributed by atoms with E-state index in [-0.39, 0.29) is 18.1 Å². The Morgan fingerprint density at radius 2 is 2.04 bits per heavy atom. The van der Waals surface area contributed by atoms with Crippen LogP contribution in [-0.4, -0.2) is 26.8 Å². The fourth-order valence-corrected chi connectivity index (χ4v) is 3.23. The number of carbonyl (C=O) groups excluding carboxylic acids is 2. The molecule has 24 heavy (non-hydrogen) atoms. The van der Waals surface area contributed by atoms with Crippen LogP contribution >= 0.6 is 11.3 Å². The number of aromatic nitrogens is 3. The van der Waals surface area contributed by atoms with Crippen LogP contribution in [-0.2, 0) is 6.54 Å². The number of hydrogen-bond acceptors (Lipinski definition) is 5. The highest BCUT2D eigenvalue weighted by atomic mass is 32.1. The predicted molar refractivity (Wildman–Crippen MR) is 90.1 cm³/mol. The highest BCUT2D eigenvalue weighted by molar-refractivity contribution is 7.10. The van der Waals surface area contributed by atoms with Crippen molar-refractivity contribution in [3.8, 4) is 5.69 Å². The molecule has 0 aliphatic heterocycles. The van der Waals surface area contributed by atoms with E-state index < -0.39 is 5.91 Å². The largest absolute Gasteiger partial charge is 0.366 e. The molecule has 0 saturated heterocycles. The van der Waals surface area contributed by atoms with Crippen molar-refractivity contribution in [1.82, 2.24) is 20.3 Å². The lowest BCUT2D eigenvalue weighted by Gasteiger charge is -2.03. The number of carbonyl (C=O) groups is 2. The van der Waals surface area contributed by atoms with Crippen molar-refractivity contribution < 1.29 is 9.59 Å². The normalized spacial score (nSPS) is 10.5. The molecule has 0 unspecified atom stereocenters. The van der Waals surface area contributed by atoms with Gasteiger partial charge in [0.1, 0.15) is 0 Å². The number of nitrogens with two attached hydrogens (primary N) is 1. The predicted octanol–water partition coefficient (Wildman–Crippen LogP) is 1.67. The van der Waals surface area contributed by atoms with Crippen LogP contribution in [0.2, 0.25) is 0 Å². The molecular weight excluding hydrogens is 326 g/mol. The number of primary amides is 1. The molecule has 2 amide bonds. The lowest BCUT2D eigenvalue weighted by atomic mass is 10.1. The van der Waals surface area contributed by atoms with Crippen molar-refractivity contribution in [3.63, 3.8) is 0 Å². The Labute approximate surface area is 142 Å². The molecule has 0 aliphatic rings. The zero-order chi connectivity index (χ0) is 17.1. The zero-order valence-electron chi connectivity index (χ0n) is 12.9. The number of nitrogens with zero attached hydrogens (tertiary/aromatic N) is 3. The summed E-state index contributed by atoms with van der Waals surface area (Å²) >= 11 is 1.39. The summed E-state index contributed by atoms with van der Waals surface area (Å²) in [7, 11) is 0. The van der Waals surface area contributed by atoms with Crippen molar-refractivity contribution in [3.05, 3.63) is 63.6 Å². The van der Waals surface area contributed by atoms with Gasteiger partial charge in [-0.1, -0.05) is 18.2 Å². The van der Waals surface area contributed by atoms with E-state index in [0.29, 0.717) is 5.56 Å². The molecule has 1 aromatic carbocycles. The third-order valence-electron chi connectivity index (χ3n) is 3.42. The Morgan fingerprint density at radius 3 is 2.75 bits per heavy atom. The van der Waals surface area contributed by atoms with Gasteiger partial charge in [0, 0.05) is 4.88 Å². The van der Waals surface area contributed by atoms with Gasteiger partial charge in [-0.15, -0.1) is 16.4 Å². The number of aryl methyl sites for hydroxylation is 1. The second-order valence-corrected chi connectivity index (χ2v) is 6.08. The molecule has 0 atom stereocenters. The first-order valence-corrected chi connectivity index (χ1v) is 8.07. The van der Waals surface area contributed by atoms with Gasteiger partial charge in [-0.25, -0.2) is 0 Å². The van der Waals surface area contributed by atoms with Crippen LogP contribution in [0.4, 0.5) is 0 Å². The van der Waals surface area contributed by atoms with Crippen molar-refractivity contribution in [1.29, 1.82) is 0 Å². The average molecular weight is 341 g/mol. The van der Waals surface area contributed by atoms with Crippen molar-refractivity contribution in [2.75, 3.05) is 0 Å². The van der Waals surface area contributed by atoms with Gasteiger partial charge in [0.25, 0.3) is 5.91 Å². The van der Waals surface area contributed by atoms with Gasteiger partial charge in [-0.05, 0) is 30.0 Å². The first-order valence-electron chi connectivity index (χ1n) is 7.19. The number of nitrogens with one attached hydrogen (secondary N) is 1. The summed E-state index contributed by atoms with van der Waals surface area (Å²) in [6, 6.07) is 9.30. The Morgan fingerprint density at radius 1 is 1.29 bits per heavy atom. The summed E-state index contributed by atoms with van der Waals surface area (Å²) in [5.74, 6) is -0.855. The number of rotatable bonds is 5. The van der Waals surface area contributed by atoms with E-state index in [1.54, 1.807) is 0 Å². The Hall–Kier alpha value is -3.00. The van der Waals surface area contributed by atoms with Crippen molar-refractivity contribution in [2.24, 2.45) is 5.73 Å². The van der Waals surface area contributed by atoms with E-state index >= 15 is 0 Å². The third kappa shape index (κ3) is 3.18. The maximum absolute atomic E-state index is 12.2. The molecule has 3 rings (SSSR count). The Bertz CT molecular complexity index is 885. The SMILES string of the molecule is Cc1csc(CNC(=O)c2cnn(-c3ccccc3)n2)c1C(N)=O. The zero-order valence-corrected chi connectivity index (χ0v) is 13.7. The first kappa shape index (κ1) is 15.9. The first-order chi connectivity index (χ1) is 11.6. The molecule has 7 nitrogen and oxygen atoms in total. The molecule has 2 heterocycles. The summed E-state index contributed by atoms with van der Waals surface area (Å²) in [5.41, 5.74) is 7.62. The Balaban J connectivity index is 1.70. The third-order valence-corrected chi connectivity index (χ3v) is 4.52. The van der Waals surface area contributed by atoms with Gasteiger partial charge >= 0.3 is 0 Å². The van der Waals surface area contributed by atoms with Crippen LogP contribution in [0.25, 0.3) is 5.69 Å². The molecule has 8 heteroatoms. The highest BCUT2D eigenvalue weighted by Crippen LogP contribution is 2.21. The summed E-state index contributed by atoms with van der Waals surface area (Å²) < 4.78 is 0. The lowest BCUT2D eigenvalue weighted by molar-refractivity contribution is 0.0941. The quantitative estimate of drug-likeness (QED) is 0.736. The molecule has 122 valence electrons. The van der Waals surface area contributed by atoms with Gasteiger partial charge in [0.05, 0.1) is 24.0 Å². The fraction of sp³-hybridized carbons (Fsp3) is 0.125. The van der Waals surface area contributed by atoms with Crippen LogP contribution in [0, 0.1) is 6.92 Å². The smallest absolute Gasteiger partial charge is 0.273 e. The molecule has 2 aromatic heterocycles. The number of hydrogen-bond donors (Lipinski definition) is 2. The minimum absolute atomic E-state index is 0.202. The second kappa shape index (κ2) is 6.63. The van der Waals surface area contributed by atoms with Crippen LogP contribution < -0.4 is 11.1 Å². The monoisotopic (exact) mass is 341 g/mol. The van der Waals surface area contributed by atoms with Crippen LogP contribution in [0.3, 0.4) is 0 Å². The van der Waals surface area contributed by atoms with Crippen molar-refractivity contribution >= 4 is 23.2 Å². The summed E-state index contributed by atoms with van der Waals surface area (Å²) in [6.07, 6.45) is 1.40. The minimum Gasteiger partial charge on any atom is -0.366 e. The molecule has 0 radical (unpaired) electrons. The average Bonchev–Trinajstić information content (AvgIpc) is 3.20. The maximum Gasteiger partial charge on any atom is 0.273 e. The molecule has 3 aromatic rings. The molecule has 0 spiro atoms. The molecule has 0 bridgehead atoms. The topological polar surface area (TPSA) is 103 Å². The second-order valence-electron chi connectivity index (χ2n) is 5.12. The number of amides is 2. The van der Waals surface area contributed by atoms with E-state index in [2.05, 4.69) is 15.5 Å².